The zero-order valence-corrected chi connectivity index (χ0v) is 8.49. The van der Waals surface area contributed by atoms with Crippen LogP contribution in [0.25, 0.3) is 0 Å². The minimum Gasteiger partial charge on any atom is -0.330 e. The predicted molar refractivity (Wildman–Crippen MR) is 52.6 cm³/mol. The van der Waals surface area contributed by atoms with E-state index in [0.717, 1.165) is 10.2 Å². The van der Waals surface area contributed by atoms with Gasteiger partial charge >= 0.3 is 0 Å². The Labute approximate surface area is 78.7 Å². The van der Waals surface area contributed by atoms with Crippen LogP contribution in [0.5, 0.6) is 0 Å². The predicted octanol–water partition coefficient (Wildman–Crippen LogP) is 1.86. The molecule has 1 unspecified atom stereocenters. The highest BCUT2D eigenvalue weighted by molar-refractivity contribution is 9.11. The average molecular weight is 235 g/mol. The van der Waals surface area contributed by atoms with Crippen molar-refractivity contribution < 1.29 is 0 Å². The molecule has 0 aromatic carbocycles. The van der Waals surface area contributed by atoms with Crippen LogP contribution in [0, 0.1) is 0 Å². The van der Waals surface area contributed by atoms with Crippen molar-refractivity contribution in [2.45, 2.75) is 12.5 Å². The van der Waals surface area contributed by atoms with Crippen LogP contribution in [0.3, 0.4) is 0 Å². The van der Waals surface area contributed by atoms with Crippen LogP contribution in [0.2, 0.25) is 0 Å². The van der Waals surface area contributed by atoms with Gasteiger partial charge < -0.3 is 11.5 Å². The van der Waals surface area contributed by atoms with Crippen LogP contribution in [0.1, 0.15) is 17.3 Å². The lowest BCUT2D eigenvalue weighted by Crippen LogP contribution is -2.13. The van der Waals surface area contributed by atoms with Gasteiger partial charge in [0.2, 0.25) is 0 Å². The third-order valence-corrected chi connectivity index (χ3v) is 3.19. The molecule has 4 heteroatoms. The van der Waals surface area contributed by atoms with Gasteiger partial charge in [-0.25, -0.2) is 0 Å². The minimum atomic E-state index is 0.108. The first-order chi connectivity index (χ1) is 5.24. The Kier molecular flexibility index (Phi) is 3.51. The molecule has 11 heavy (non-hydrogen) atoms. The maximum absolute atomic E-state index is 5.83. The average Bonchev–Trinajstić information content (AvgIpc) is 2.36. The van der Waals surface area contributed by atoms with Crippen molar-refractivity contribution in [3.8, 4) is 0 Å². The summed E-state index contributed by atoms with van der Waals surface area (Å²) in [7, 11) is 0. The van der Waals surface area contributed by atoms with Gasteiger partial charge in [-0.2, -0.15) is 0 Å². The first kappa shape index (κ1) is 9.19. The highest BCUT2D eigenvalue weighted by Crippen LogP contribution is 2.27. The van der Waals surface area contributed by atoms with E-state index in [1.54, 1.807) is 11.3 Å². The molecule has 0 aliphatic carbocycles. The molecule has 62 valence electrons. The molecule has 0 fully saturated rings. The van der Waals surface area contributed by atoms with E-state index in [0.29, 0.717) is 6.54 Å². The number of rotatable bonds is 3. The molecular weight excluding hydrogens is 224 g/mol. The summed E-state index contributed by atoms with van der Waals surface area (Å²) >= 11 is 5.06. The molecule has 1 aromatic rings. The van der Waals surface area contributed by atoms with Crippen LogP contribution in [0.15, 0.2) is 15.9 Å². The fourth-order valence-electron chi connectivity index (χ4n) is 0.849. The summed E-state index contributed by atoms with van der Waals surface area (Å²) < 4.78 is 1.12. The zero-order valence-electron chi connectivity index (χ0n) is 6.09. The molecule has 0 amide bonds. The molecule has 1 rings (SSSR count). The molecule has 1 heterocycles. The third-order valence-electron chi connectivity index (χ3n) is 1.44. The lowest BCUT2D eigenvalue weighted by Gasteiger charge is -2.05. The van der Waals surface area contributed by atoms with E-state index in [1.807, 2.05) is 12.1 Å². The van der Waals surface area contributed by atoms with Gasteiger partial charge in [0.15, 0.2) is 0 Å². The van der Waals surface area contributed by atoms with Gasteiger partial charge in [0.1, 0.15) is 0 Å². The Morgan fingerprint density at radius 2 is 2.27 bits per heavy atom. The minimum absolute atomic E-state index is 0.108. The molecule has 4 N–H and O–H groups in total. The molecule has 0 bridgehead atoms. The third kappa shape index (κ3) is 2.56. The van der Waals surface area contributed by atoms with Crippen molar-refractivity contribution in [2.75, 3.05) is 6.54 Å². The summed E-state index contributed by atoms with van der Waals surface area (Å²) in [5, 5.41) is 0. The fourth-order valence-corrected chi connectivity index (χ4v) is 2.31. The fraction of sp³-hybridized carbons (Fsp3) is 0.429. The highest BCUT2D eigenvalue weighted by Gasteiger charge is 2.06. The monoisotopic (exact) mass is 234 g/mol. The summed E-state index contributed by atoms with van der Waals surface area (Å²) in [4.78, 5) is 1.20. The molecule has 0 aliphatic rings. The lowest BCUT2D eigenvalue weighted by molar-refractivity contribution is 0.672. The van der Waals surface area contributed by atoms with Crippen molar-refractivity contribution in [3.63, 3.8) is 0 Å². The Morgan fingerprint density at radius 1 is 1.55 bits per heavy atom. The van der Waals surface area contributed by atoms with Crippen molar-refractivity contribution >= 4 is 27.3 Å². The van der Waals surface area contributed by atoms with Gasteiger partial charge in [-0.15, -0.1) is 11.3 Å². The quantitative estimate of drug-likeness (QED) is 0.840. The van der Waals surface area contributed by atoms with E-state index in [4.69, 9.17) is 11.5 Å². The van der Waals surface area contributed by atoms with Crippen LogP contribution >= 0.6 is 27.3 Å². The van der Waals surface area contributed by atoms with Gasteiger partial charge in [-0.1, -0.05) is 0 Å². The second-order valence-electron chi connectivity index (χ2n) is 2.33. The normalized spacial score (nSPS) is 13.4. The topological polar surface area (TPSA) is 52.0 Å². The molecule has 0 spiro atoms. The molecule has 0 radical (unpaired) electrons. The maximum Gasteiger partial charge on any atom is 0.0701 e. The van der Waals surface area contributed by atoms with E-state index in [1.165, 1.54) is 4.88 Å². The van der Waals surface area contributed by atoms with E-state index in [2.05, 4.69) is 15.9 Å². The standard InChI is InChI=1S/C7H11BrN2S/c8-7-2-1-6(11-7)5(10)3-4-9/h1-2,5H,3-4,9-10H2. The summed E-state index contributed by atoms with van der Waals surface area (Å²) in [6.07, 6.45) is 0.854. The van der Waals surface area contributed by atoms with E-state index in [9.17, 15) is 0 Å². The lowest BCUT2D eigenvalue weighted by atomic mass is 10.2. The van der Waals surface area contributed by atoms with Gasteiger partial charge in [-0.3, -0.25) is 0 Å². The van der Waals surface area contributed by atoms with Gasteiger partial charge in [0.05, 0.1) is 3.79 Å². The van der Waals surface area contributed by atoms with Crippen molar-refractivity contribution in [3.05, 3.63) is 20.8 Å². The molecule has 0 saturated carbocycles. The van der Waals surface area contributed by atoms with Crippen molar-refractivity contribution in [2.24, 2.45) is 11.5 Å². The molecule has 1 aromatic heterocycles. The van der Waals surface area contributed by atoms with Crippen LogP contribution < -0.4 is 11.5 Å². The van der Waals surface area contributed by atoms with E-state index >= 15 is 0 Å². The maximum atomic E-state index is 5.83. The Hall–Kier alpha value is 0.1000. The SMILES string of the molecule is NCCC(N)c1ccc(Br)s1. The van der Waals surface area contributed by atoms with Crippen LogP contribution in [-0.2, 0) is 0 Å². The van der Waals surface area contributed by atoms with Gasteiger partial charge in [0, 0.05) is 10.9 Å². The van der Waals surface area contributed by atoms with Crippen LogP contribution in [0.4, 0.5) is 0 Å². The van der Waals surface area contributed by atoms with Crippen LogP contribution in [-0.4, -0.2) is 6.54 Å². The number of hydrogen-bond donors (Lipinski definition) is 2. The first-order valence-electron chi connectivity index (χ1n) is 3.45. The number of thiophene rings is 1. The summed E-state index contributed by atoms with van der Waals surface area (Å²) in [6, 6.07) is 4.15. The zero-order chi connectivity index (χ0) is 8.27. The molecule has 0 saturated heterocycles. The number of hydrogen-bond acceptors (Lipinski definition) is 3. The van der Waals surface area contributed by atoms with Gasteiger partial charge in [-0.05, 0) is 41.0 Å². The highest BCUT2D eigenvalue weighted by atomic mass is 79.9. The molecular formula is C7H11BrN2S. The Bertz CT molecular complexity index is 224. The van der Waals surface area contributed by atoms with E-state index < -0.39 is 0 Å². The Balaban J connectivity index is 2.60. The Morgan fingerprint density at radius 3 is 2.73 bits per heavy atom. The molecule has 2 nitrogen and oxygen atoms in total. The summed E-state index contributed by atoms with van der Waals surface area (Å²) in [5.74, 6) is 0. The second-order valence-corrected chi connectivity index (χ2v) is 4.82. The van der Waals surface area contributed by atoms with Gasteiger partial charge in [0.25, 0.3) is 0 Å². The van der Waals surface area contributed by atoms with Crippen molar-refractivity contribution in [1.29, 1.82) is 0 Å². The summed E-state index contributed by atoms with van der Waals surface area (Å²) in [5.41, 5.74) is 11.2. The number of nitrogens with two attached hydrogens (primary N) is 2. The molecule has 1 atom stereocenters. The molecule has 0 aliphatic heterocycles. The second kappa shape index (κ2) is 4.21. The first-order valence-corrected chi connectivity index (χ1v) is 5.06. The van der Waals surface area contributed by atoms with Crippen molar-refractivity contribution in [1.82, 2.24) is 0 Å². The van der Waals surface area contributed by atoms with E-state index in [-0.39, 0.29) is 6.04 Å². The number of halogens is 1. The largest absolute Gasteiger partial charge is 0.330 e. The summed E-state index contributed by atoms with van der Waals surface area (Å²) in [6.45, 7) is 0.649. The smallest absolute Gasteiger partial charge is 0.0701 e.